The Labute approximate surface area is 119 Å². The SMILES string of the molecule is CCC(CO)(OCP(=O)(O)O)n1cnc2c(N)ncnc21. The van der Waals surface area contributed by atoms with Crippen molar-refractivity contribution >= 4 is 24.6 Å². The summed E-state index contributed by atoms with van der Waals surface area (Å²) in [6.07, 6.45) is 1.98. The van der Waals surface area contributed by atoms with Crippen LogP contribution in [0.2, 0.25) is 0 Å². The Morgan fingerprint density at radius 3 is 2.71 bits per heavy atom. The zero-order valence-corrected chi connectivity index (χ0v) is 12.1. The van der Waals surface area contributed by atoms with E-state index in [9.17, 15) is 9.67 Å². The van der Waals surface area contributed by atoms with Gasteiger partial charge in [0, 0.05) is 0 Å². The van der Waals surface area contributed by atoms with Gasteiger partial charge < -0.3 is 25.4 Å². The Bertz CT molecular complexity index is 680. The molecule has 0 aliphatic heterocycles. The monoisotopic (exact) mass is 317 g/mol. The van der Waals surface area contributed by atoms with Crippen LogP contribution in [0, 0.1) is 0 Å². The standard InChI is InChI=1S/C10H16N5O5P/c1-2-10(3-16,20-6-21(17,18)19)15-5-14-7-8(11)12-4-13-9(7)15/h4-5,16H,2-3,6H2,1H3,(H2,11,12,13)(H2,17,18,19). The van der Waals surface area contributed by atoms with Crippen molar-refractivity contribution in [1.82, 2.24) is 19.5 Å². The second kappa shape index (κ2) is 5.66. The fraction of sp³-hybridized carbons (Fsp3) is 0.500. The van der Waals surface area contributed by atoms with Gasteiger partial charge >= 0.3 is 7.60 Å². The molecule has 5 N–H and O–H groups in total. The lowest BCUT2D eigenvalue weighted by molar-refractivity contribution is -0.125. The van der Waals surface area contributed by atoms with Gasteiger partial charge in [-0.15, -0.1) is 0 Å². The summed E-state index contributed by atoms with van der Waals surface area (Å²) in [5, 5.41) is 9.67. The maximum atomic E-state index is 11.0. The molecule has 21 heavy (non-hydrogen) atoms. The number of imidazole rings is 1. The summed E-state index contributed by atoms with van der Waals surface area (Å²) in [7, 11) is -4.38. The number of nitrogens with two attached hydrogens (primary N) is 1. The number of hydrogen-bond donors (Lipinski definition) is 4. The summed E-state index contributed by atoms with van der Waals surface area (Å²) >= 11 is 0. The van der Waals surface area contributed by atoms with E-state index < -0.39 is 26.3 Å². The molecule has 2 rings (SSSR count). The van der Waals surface area contributed by atoms with Crippen LogP contribution in [0.15, 0.2) is 12.7 Å². The Hall–Kier alpha value is -1.58. The molecule has 2 aromatic rings. The number of aromatic nitrogens is 4. The van der Waals surface area contributed by atoms with Gasteiger partial charge in [0.25, 0.3) is 0 Å². The predicted octanol–water partition coefficient (Wildman–Crippen LogP) is -0.385. The number of nitrogens with zero attached hydrogens (tertiary/aromatic N) is 4. The molecular formula is C10H16N5O5P. The third-order valence-electron chi connectivity index (χ3n) is 3.10. The second-order valence-electron chi connectivity index (χ2n) is 4.44. The smallest absolute Gasteiger partial charge is 0.351 e. The van der Waals surface area contributed by atoms with Crippen LogP contribution >= 0.6 is 7.60 Å². The van der Waals surface area contributed by atoms with Crippen molar-refractivity contribution < 1.29 is 24.2 Å². The van der Waals surface area contributed by atoms with Gasteiger partial charge in [0.1, 0.15) is 11.8 Å². The fourth-order valence-corrected chi connectivity index (χ4v) is 2.34. The maximum absolute atomic E-state index is 11.0. The van der Waals surface area contributed by atoms with Crippen LogP contribution in [0.1, 0.15) is 13.3 Å². The van der Waals surface area contributed by atoms with Gasteiger partial charge in [0.2, 0.25) is 0 Å². The average molecular weight is 317 g/mol. The molecule has 0 radical (unpaired) electrons. The van der Waals surface area contributed by atoms with Crippen LogP contribution < -0.4 is 5.73 Å². The van der Waals surface area contributed by atoms with Crippen molar-refractivity contribution in [3.8, 4) is 0 Å². The Kier molecular flexibility index (Phi) is 4.26. The predicted molar refractivity (Wildman–Crippen MR) is 73.1 cm³/mol. The second-order valence-corrected chi connectivity index (χ2v) is 6.03. The van der Waals surface area contributed by atoms with Crippen LogP contribution in [-0.2, 0) is 15.0 Å². The number of fused-ring (bicyclic) bond motifs is 1. The van der Waals surface area contributed by atoms with Crippen LogP contribution in [-0.4, -0.2) is 47.4 Å². The molecule has 0 saturated heterocycles. The zero-order chi connectivity index (χ0) is 15.7. The van der Waals surface area contributed by atoms with Crippen molar-refractivity contribution in [3.63, 3.8) is 0 Å². The summed E-state index contributed by atoms with van der Waals surface area (Å²) in [6.45, 7) is 1.19. The lowest BCUT2D eigenvalue weighted by atomic mass is 10.1. The number of nitrogen functional groups attached to an aromatic ring is 1. The maximum Gasteiger partial charge on any atom is 0.351 e. The average Bonchev–Trinajstić information content (AvgIpc) is 2.86. The topological polar surface area (TPSA) is 157 Å². The van der Waals surface area contributed by atoms with Crippen LogP contribution in [0.3, 0.4) is 0 Å². The molecule has 0 aliphatic rings. The van der Waals surface area contributed by atoms with Crippen molar-refractivity contribution in [2.24, 2.45) is 0 Å². The molecule has 1 atom stereocenters. The van der Waals surface area contributed by atoms with Gasteiger partial charge in [-0.3, -0.25) is 9.13 Å². The first kappa shape index (κ1) is 15.8. The summed E-state index contributed by atoms with van der Waals surface area (Å²) < 4.78 is 17.7. The molecule has 2 heterocycles. The minimum Gasteiger partial charge on any atom is -0.391 e. The van der Waals surface area contributed by atoms with E-state index in [1.807, 2.05) is 0 Å². The number of aliphatic hydroxyl groups is 1. The number of ether oxygens (including phenoxy) is 1. The first-order valence-corrected chi connectivity index (χ1v) is 7.86. The van der Waals surface area contributed by atoms with Gasteiger partial charge in [0.15, 0.2) is 23.5 Å². The first-order valence-electron chi connectivity index (χ1n) is 6.06. The first-order chi connectivity index (χ1) is 9.83. The third-order valence-corrected chi connectivity index (χ3v) is 3.57. The molecule has 0 aliphatic carbocycles. The summed E-state index contributed by atoms with van der Waals surface area (Å²) in [5.74, 6) is 0.164. The highest BCUT2D eigenvalue weighted by Gasteiger charge is 2.35. The van der Waals surface area contributed by atoms with E-state index in [0.717, 1.165) is 0 Å². The molecular weight excluding hydrogens is 301 g/mol. The van der Waals surface area contributed by atoms with Crippen molar-refractivity contribution in [2.45, 2.75) is 19.1 Å². The summed E-state index contributed by atoms with van der Waals surface area (Å²) in [5.41, 5.74) is 4.92. The molecule has 11 heteroatoms. The molecule has 0 aromatic carbocycles. The Morgan fingerprint density at radius 1 is 1.43 bits per heavy atom. The van der Waals surface area contributed by atoms with Gasteiger partial charge in [-0.25, -0.2) is 15.0 Å². The van der Waals surface area contributed by atoms with Crippen LogP contribution in [0.5, 0.6) is 0 Å². The van der Waals surface area contributed by atoms with Crippen molar-refractivity contribution in [3.05, 3.63) is 12.7 Å². The van der Waals surface area contributed by atoms with E-state index in [2.05, 4.69) is 15.0 Å². The molecule has 10 nitrogen and oxygen atoms in total. The third kappa shape index (κ3) is 3.04. The van der Waals surface area contributed by atoms with Crippen molar-refractivity contribution in [2.75, 3.05) is 18.7 Å². The van der Waals surface area contributed by atoms with Crippen LogP contribution in [0.25, 0.3) is 11.2 Å². The van der Waals surface area contributed by atoms with E-state index >= 15 is 0 Å². The Balaban J connectivity index is 2.50. The number of rotatable bonds is 6. The largest absolute Gasteiger partial charge is 0.391 e. The van der Waals surface area contributed by atoms with E-state index in [1.54, 1.807) is 6.92 Å². The van der Waals surface area contributed by atoms with Gasteiger partial charge in [-0.05, 0) is 6.42 Å². The fourth-order valence-electron chi connectivity index (χ4n) is 1.93. The quantitative estimate of drug-likeness (QED) is 0.521. The van der Waals surface area contributed by atoms with Crippen LogP contribution in [0.4, 0.5) is 5.82 Å². The molecule has 0 spiro atoms. The number of aliphatic hydroxyl groups excluding tert-OH is 1. The molecule has 2 aromatic heterocycles. The minimum atomic E-state index is -4.38. The highest BCUT2D eigenvalue weighted by Crippen LogP contribution is 2.38. The van der Waals surface area contributed by atoms with Gasteiger partial charge in [0.05, 0.1) is 12.9 Å². The highest BCUT2D eigenvalue weighted by atomic mass is 31.2. The summed E-state index contributed by atoms with van der Waals surface area (Å²) in [6, 6.07) is 0. The van der Waals surface area contributed by atoms with E-state index in [-0.39, 0.29) is 12.2 Å². The lowest BCUT2D eigenvalue weighted by Gasteiger charge is -2.32. The minimum absolute atomic E-state index is 0.164. The van der Waals surface area contributed by atoms with Crippen molar-refractivity contribution in [1.29, 1.82) is 0 Å². The molecule has 0 fully saturated rings. The molecule has 0 amide bonds. The van der Waals surface area contributed by atoms with Gasteiger partial charge in [-0.2, -0.15) is 0 Å². The van der Waals surface area contributed by atoms with E-state index in [4.69, 9.17) is 20.3 Å². The molecule has 1 unspecified atom stereocenters. The Morgan fingerprint density at radius 2 is 2.14 bits per heavy atom. The molecule has 0 bridgehead atoms. The molecule has 116 valence electrons. The van der Waals surface area contributed by atoms with E-state index in [0.29, 0.717) is 11.2 Å². The van der Waals surface area contributed by atoms with Gasteiger partial charge in [-0.1, -0.05) is 6.92 Å². The highest BCUT2D eigenvalue weighted by molar-refractivity contribution is 7.51. The number of anilines is 1. The number of hydrogen-bond acceptors (Lipinski definition) is 7. The molecule has 0 saturated carbocycles. The lowest BCUT2D eigenvalue weighted by Crippen LogP contribution is -2.40. The van der Waals surface area contributed by atoms with E-state index in [1.165, 1.54) is 17.2 Å². The normalized spacial score (nSPS) is 15.2. The zero-order valence-electron chi connectivity index (χ0n) is 11.2. The summed E-state index contributed by atoms with van der Waals surface area (Å²) in [4.78, 5) is 29.8.